The van der Waals surface area contributed by atoms with Crippen LogP contribution >= 0.6 is 23.2 Å². The number of hydrogen-bond donors (Lipinski definition) is 1. The number of amides is 1. The molecule has 3 rings (SSSR count). The second kappa shape index (κ2) is 6.26. The quantitative estimate of drug-likeness (QED) is 0.687. The lowest BCUT2D eigenvalue weighted by Crippen LogP contribution is -2.10. The van der Waals surface area contributed by atoms with Gasteiger partial charge in [-0.25, -0.2) is 0 Å². The molecule has 0 saturated heterocycles. The number of halogens is 2. The molecule has 0 saturated carbocycles. The Labute approximate surface area is 137 Å². The van der Waals surface area contributed by atoms with E-state index in [4.69, 9.17) is 27.6 Å². The van der Waals surface area contributed by atoms with Crippen LogP contribution in [-0.2, 0) is 0 Å². The molecule has 22 heavy (non-hydrogen) atoms. The molecule has 0 aliphatic rings. The lowest BCUT2D eigenvalue weighted by Gasteiger charge is -2.03. The van der Waals surface area contributed by atoms with E-state index in [2.05, 4.69) is 5.32 Å². The predicted octanol–water partition coefficient (Wildman–Crippen LogP) is 5.51. The van der Waals surface area contributed by atoms with E-state index in [1.165, 1.54) is 0 Å². The first-order valence-corrected chi connectivity index (χ1v) is 7.30. The van der Waals surface area contributed by atoms with E-state index >= 15 is 0 Å². The molecule has 3 nitrogen and oxygen atoms in total. The Bertz CT molecular complexity index is 810. The molecular formula is C17H11Cl2NO2. The highest BCUT2D eigenvalue weighted by molar-refractivity contribution is 6.31. The molecule has 5 heteroatoms. The molecule has 3 aromatic rings. The summed E-state index contributed by atoms with van der Waals surface area (Å²) in [6.07, 6.45) is 0. The highest BCUT2D eigenvalue weighted by Crippen LogP contribution is 2.24. The van der Waals surface area contributed by atoms with Crippen LogP contribution in [0.1, 0.15) is 10.6 Å². The summed E-state index contributed by atoms with van der Waals surface area (Å²) in [6, 6.07) is 17.5. The second-order valence-electron chi connectivity index (χ2n) is 4.64. The third-order valence-corrected chi connectivity index (χ3v) is 3.53. The van der Waals surface area contributed by atoms with Crippen LogP contribution in [0, 0.1) is 0 Å². The van der Waals surface area contributed by atoms with Crippen LogP contribution < -0.4 is 5.32 Å². The summed E-state index contributed by atoms with van der Waals surface area (Å²) in [6.45, 7) is 0. The molecule has 0 unspecified atom stereocenters. The highest BCUT2D eigenvalue weighted by atomic mass is 35.5. The van der Waals surface area contributed by atoms with Gasteiger partial charge in [-0.2, -0.15) is 0 Å². The Hall–Kier alpha value is -2.23. The van der Waals surface area contributed by atoms with Crippen molar-refractivity contribution in [1.29, 1.82) is 0 Å². The van der Waals surface area contributed by atoms with Gasteiger partial charge in [0, 0.05) is 21.3 Å². The number of hydrogen-bond acceptors (Lipinski definition) is 2. The number of carbonyl (C=O) groups excluding carboxylic acids is 1. The fraction of sp³-hybridized carbons (Fsp3) is 0. The average molecular weight is 332 g/mol. The molecule has 0 spiro atoms. The first-order valence-electron chi connectivity index (χ1n) is 6.54. The maximum atomic E-state index is 12.2. The summed E-state index contributed by atoms with van der Waals surface area (Å²) in [5.41, 5.74) is 1.47. The normalized spacial score (nSPS) is 10.5. The minimum atomic E-state index is -0.331. The van der Waals surface area contributed by atoms with Gasteiger partial charge in [-0.1, -0.05) is 29.3 Å². The minimum Gasteiger partial charge on any atom is -0.451 e. The van der Waals surface area contributed by atoms with E-state index in [0.717, 1.165) is 5.56 Å². The van der Waals surface area contributed by atoms with E-state index < -0.39 is 0 Å². The fourth-order valence-corrected chi connectivity index (χ4v) is 2.30. The van der Waals surface area contributed by atoms with Gasteiger partial charge in [0.2, 0.25) is 0 Å². The van der Waals surface area contributed by atoms with Gasteiger partial charge in [-0.15, -0.1) is 0 Å². The van der Waals surface area contributed by atoms with Gasteiger partial charge >= 0.3 is 0 Å². The van der Waals surface area contributed by atoms with Crippen molar-refractivity contribution in [1.82, 2.24) is 0 Å². The van der Waals surface area contributed by atoms with Crippen molar-refractivity contribution in [2.75, 3.05) is 5.32 Å². The molecule has 1 N–H and O–H groups in total. The summed E-state index contributed by atoms with van der Waals surface area (Å²) in [7, 11) is 0. The zero-order chi connectivity index (χ0) is 15.5. The second-order valence-corrected chi connectivity index (χ2v) is 5.51. The van der Waals surface area contributed by atoms with Crippen LogP contribution in [0.15, 0.2) is 65.1 Å². The van der Waals surface area contributed by atoms with Crippen molar-refractivity contribution in [3.05, 3.63) is 76.5 Å². The average Bonchev–Trinajstić information content (AvgIpc) is 2.98. The third-order valence-electron chi connectivity index (χ3n) is 3.04. The van der Waals surface area contributed by atoms with E-state index in [9.17, 15) is 4.79 Å². The molecule has 2 aromatic carbocycles. The molecule has 1 aromatic heterocycles. The summed E-state index contributed by atoms with van der Waals surface area (Å²) in [4.78, 5) is 12.2. The first kappa shape index (κ1) is 14.7. The van der Waals surface area contributed by atoms with E-state index in [0.29, 0.717) is 21.5 Å². The Morgan fingerprint density at radius 1 is 0.909 bits per heavy atom. The Kier molecular flexibility index (Phi) is 4.18. The minimum absolute atomic E-state index is 0.227. The van der Waals surface area contributed by atoms with Crippen LogP contribution in [0.2, 0.25) is 10.0 Å². The van der Waals surface area contributed by atoms with E-state index in [-0.39, 0.29) is 11.7 Å². The SMILES string of the molecule is O=C(Nc1cccc(Cl)c1)c1ccc(-c2ccc(Cl)cc2)o1. The number of carbonyl (C=O) groups is 1. The van der Waals surface area contributed by atoms with Crippen LogP contribution in [-0.4, -0.2) is 5.91 Å². The molecule has 110 valence electrons. The van der Waals surface area contributed by atoms with Gasteiger partial charge in [-0.05, 0) is 54.6 Å². The third kappa shape index (κ3) is 3.32. The fourth-order valence-electron chi connectivity index (χ4n) is 1.99. The molecule has 0 radical (unpaired) electrons. The van der Waals surface area contributed by atoms with Crippen molar-refractivity contribution < 1.29 is 9.21 Å². The van der Waals surface area contributed by atoms with Crippen LogP contribution in [0.3, 0.4) is 0 Å². The van der Waals surface area contributed by atoms with Gasteiger partial charge in [0.1, 0.15) is 5.76 Å². The molecule has 0 atom stereocenters. The summed E-state index contributed by atoms with van der Waals surface area (Å²) in [5.74, 6) is 0.500. The molecule has 0 aliphatic carbocycles. The molecule has 0 aliphatic heterocycles. The lowest BCUT2D eigenvalue weighted by atomic mass is 10.2. The molecule has 1 amide bonds. The number of rotatable bonds is 3. The molecule has 0 fully saturated rings. The van der Waals surface area contributed by atoms with Crippen LogP contribution in [0.5, 0.6) is 0 Å². The number of anilines is 1. The number of furan rings is 1. The zero-order valence-electron chi connectivity index (χ0n) is 11.3. The molecule has 1 heterocycles. The van der Waals surface area contributed by atoms with Gasteiger partial charge in [0.15, 0.2) is 5.76 Å². The van der Waals surface area contributed by atoms with Crippen molar-refractivity contribution in [3.63, 3.8) is 0 Å². The van der Waals surface area contributed by atoms with Crippen molar-refractivity contribution in [3.8, 4) is 11.3 Å². The van der Waals surface area contributed by atoms with Crippen molar-refractivity contribution in [2.45, 2.75) is 0 Å². The van der Waals surface area contributed by atoms with Crippen molar-refractivity contribution in [2.24, 2.45) is 0 Å². The van der Waals surface area contributed by atoms with Crippen LogP contribution in [0.4, 0.5) is 5.69 Å². The monoisotopic (exact) mass is 331 g/mol. The first-order chi connectivity index (χ1) is 10.6. The smallest absolute Gasteiger partial charge is 0.291 e. The molecule has 0 bridgehead atoms. The maximum absolute atomic E-state index is 12.2. The summed E-state index contributed by atoms with van der Waals surface area (Å²) >= 11 is 11.7. The Balaban J connectivity index is 1.78. The van der Waals surface area contributed by atoms with E-state index in [1.807, 2.05) is 12.1 Å². The summed E-state index contributed by atoms with van der Waals surface area (Å²) in [5, 5.41) is 3.94. The largest absolute Gasteiger partial charge is 0.451 e. The lowest BCUT2D eigenvalue weighted by molar-refractivity contribution is 0.0997. The topological polar surface area (TPSA) is 42.2 Å². The molecular weight excluding hydrogens is 321 g/mol. The zero-order valence-corrected chi connectivity index (χ0v) is 12.9. The maximum Gasteiger partial charge on any atom is 0.291 e. The highest BCUT2D eigenvalue weighted by Gasteiger charge is 2.12. The summed E-state index contributed by atoms with van der Waals surface area (Å²) < 4.78 is 5.59. The van der Waals surface area contributed by atoms with Gasteiger partial charge in [0.05, 0.1) is 0 Å². The predicted molar refractivity (Wildman–Crippen MR) is 88.6 cm³/mol. The number of nitrogens with one attached hydrogen (secondary N) is 1. The van der Waals surface area contributed by atoms with E-state index in [1.54, 1.807) is 48.5 Å². The van der Waals surface area contributed by atoms with Gasteiger partial charge < -0.3 is 9.73 Å². The van der Waals surface area contributed by atoms with Crippen molar-refractivity contribution >= 4 is 34.8 Å². The Morgan fingerprint density at radius 2 is 1.68 bits per heavy atom. The van der Waals surface area contributed by atoms with Gasteiger partial charge in [-0.3, -0.25) is 4.79 Å². The Morgan fingerprint density at radius 3 is 2.41 bits per heavy atom. The number of benzene rings is 2. The van der Waals surface area contributed by atoms with Gasteiger partial charge in [0.25, 0.3) is 5.91 Å². The van der Waals surface area contributed by atoms with Crippen LogP contribution in [0.25, 0.3) is 11.3 Å². The standard InChI is InChI=1S/C17H11Cl2NO2/c18-12-6-4-11(5-7-12)15-8-9-16(22-15)17(21)20-14-3-1-2-13(19)10-14/h1-10H,(H,20,21).